The van der Waals surface area contributed by atoms with Crippen molar-refractivity contribution in [1.82, 2.24) is 20.2 Å². The lowest BCUT2D eigenvalue weighted by molar-refractivity contribution is -0.118. The molecule has 1 aromatic heterocycles. The predicted octanol–water partition coefficient (Wildman–Crippen LogP) is 4.50. The second-order valence-electron chi connectivity index (χ2n) is 7.87. The summed E-state index contributed by atoms with van der Waals surface area (Å²) in [6.45, 7) is 9.35. The van der Waals surface area contributed by atoms with Gasteiger partial charge in [0.05, 0.1) is 12.0 Å². The molecule has 0 spiro atoms. The monoisotopic (exact) mass is 421 g/mol. The topological polar surface area (TPSA) is 72.2 Å². The molecular weight excluding hydrogens is 394 g/mol. The first-order valence-corrected chi connectivity index (χ1v) is 10.9. The van der Waals surface area contributed by atoms with Crippen LogP contribution < -0.4 is 5.43 Å². The zero-order valence-corrected chi connectivity index (χ0v) is 18.6. The third-order valence-corrected chi connectivity index (χ3v) is 5.54. The van der Waals surface area contributed by atoms with E-state index in [1.54, 1.807) is 6.21 Å². The number of hydrogen-bond donors (Lipinski definition) is 1. The number of thioether (sulfide) groups is 1. The minimum atomic E-state index is -0.186. The van der Waals surface area contributed by atoms with E-state index in [1.807, 2.05) is 41.8 Å². The van der Waals surface area contributed by atoms with Crippen molar-refractivity contribution in [2.24, 2.45) is 5.10 Å². The van der Waals surface area contributed by atoms with Gasteiger partial charge < -0.3 is 4.57 Å². The van der Waals surface area contributed by atoms with Gasteiger partial charge in [0, 0.05) is 12.1 Å². The Hall–Kier alpha value is -2.93. The SMILES string of the molecule is CCn1c(SCC(=O)NN=Cc2ccccc2)nnc1-c1ccc(C(C)(C)C)cc1. The van der Waals surface area contributed by atoms with Gasteiger partial charge in [-0.15, -0.1) is 10.2 Å². The van der Waals surface area contributed by atoms with E-state index >= 15 is 0 Å². The third kappa shape index (κ3) is 5.57. The predicted molar refractivity (Wildman–Crippen MR) is 123 cm³/mol. The Labute approximate surface area is 181 Å². The number of carbonyl (C=O) groups is 1. The number of aromatic nitrogens is 3. The average Bonchev–Trinajstić information content (AvgIpc) is 3.15. The molecule has 1 heterocycles. The van der Waals surface area contributed by atoms with Crippen LogP contribution in [0.5, 0.6) is 0 Å². The van der Waals surface area contributed by atoms with Crippen LogP contribution >= 0.6 is 11.8 Å². The fourth-order valence-electron chi connectivity index (χ4n) is 2.89. The largest absolute Gasteiger partial charge is 0.302 e. The molecule has 30 heavy (non-hydrogen) atoms. The molecule has 0 aliphatic heterocycles. The summed E-state index contributed by atoms with van der Waals surface area (Å²) in [7, 11) is 0. The number of nitrogens with zero attached hydrogens (tertiary/aromatic N) is 4. The van der Waals surface area contributed by atoms with E-state index in [4.69, 9.17) is 0 Å². The summed E-state index contributed by atoms with van der Waals surface area (Å²) >= 11 is 1.35. The lowest BCUT2D eigenvalue weighted by Crippen LogP contribution is -2.20. The zero-order valence-electron chi connectivity index (χ0n) is 17.8. The first-order chi connectivity index (χ1) is 14.4. The average molecular weight is 422 g/mol. The van der Waals surface area contributed by atoms with Gasteiger partial charge in [0.2, 0.25) is 0 Å². The van der Waals surface area contributed by atoms with Gasteiger partial charge in [0.1, 0.15) is 0 Å². The molecule has 0 aliphatic rings. The van der Waals surface area contributed by atoms with Gasteiger partial charge in [0.15, 0.2) is 11.0 Å². The molecule has 0 saturated heterocycles. The van der Waals surface area contributed by atoms with E-state index in [2.05, 4.69) is 65.8 Å². The van der Waals surface area contributed by atoms with Gasteiger partial charge in [-0.3, -0.25) is 4.79 Å². The van der Waals surface area contributed by atoms with Crippen LogP contribution in [0.15, 0.2) is 64.9 Å². The van der Waals surface area contributed by atoms with E-state index in [0.29, 0.717) is 0 Å². The summed E-state index contributed by atoms with van der Waals surface area (Å²) in [4.78, 5) is 12.1. The second kappa shape index (κ2) is 9.71. The number of carbonyl (C=O) groups excluding carboxylic acids is 1. The van der Waals surface area contributed by atoms with E-state index in [1.165, 1.54) is 17.3 Å². The van der Waals surface area contributed by atoms with Crippen molar-refractivity contribution in [2.45, 2.75) is 44.8 Å². The molecule has 0 unspecified atom stereocenters. The fraction of sp³-hybridized carbons (Fsp3) is 0.304. The van der Waals surface area contributed by atoms with Crippen molar-refractivity contribution in [3.63, 3.8) is 0 Å². The maximum atomic E-state index is 12.1. The Balaban J connectivity index is 1.63. The number of rotatable bonds is 7. The summed E-state index contributed by atoms with van der Waals surface area (Å²) in [6, 6.07) is 18.0. The van der Waals surface area contributed by atoms with E-state index in [-0.39, 0.29) is 17.1 Å². The van der Waals surface area contributed by atoms with Crippen molar-refractivity contribution in [2.75, 3.05) is 5.75 Å². The lowest BCUT2D eigenvalue weighted by atomic mass is 9.87. The number of nitrogens with one attached hydrogen (secondary N) is 1. The molecule has 7 heteroatoms. The van der Waals surface area contributed by atoms with E-state index in [9.17, 15) is 4.79 Å². The van der Waals surface area contributed by atoms with Gasteiger partial charge >= 0.3 is 0 Å². The van der Waals surface area contributed by atoms with Gasteiger partial charge in [-0.2, -0.15) is 5.10 Å². The van der Waals surface area contributed by atoms with Crippen molar-refractivity contribution >= 4 is 23.9 Å². The van der Waals surface area contributed by atoms with Crippen molar-refractivity contribution in [1.29, 1.82) is 0 Å². The van der Waals surface area contributed by atoms with Crippen molar-refractivity contribution in [3.8, 4) is 11.4 Å². The first-order valence-electron chi connectivity index (χ1n) is 9.92. The maximum Gasteiger partial charge on any atom is 0.250 e. The molecule has 0 fully saturated rings. The van der Waals surface area contributed by atoms with Crippen LogP contribution in [0, 0.1) is 0 Å². The van der Waals surface area contributed by atoms with Crippen LogP contribution in [-0.2, 0) is 16.8 Å². The molecule has 0 radical (unpaired) electrons. The Kier molecular flexibility index (Phi) is 7.05. The van der Waals surface area contributed by atoms with E-state index < -0.39 is 0 Å². The highest BCUT2D eigenvalue weighted by Crippen LogP contribution is 2.27. The standard InChI is InChI=1S/C23H27N5OS/c1-5-28-21(18-11-13-19(14-12-18)23(2,3)4)26-27-22(28)30-16-20(29)25-24-15-17-9-7-6-8-10-17/h6-15H,5,16H2,1-4H3,(H,25,29). The molecule has 0 saturated carbocycles. The maximum absolute atomic E-state index is 12.1. The molecule has 6 nitrogen and oxygen atoms in total. The summed E-state index contributed by atoms with van der Waals surface area (Å²) in [5, 5.41) is 13.4. The normalized spacial score (nSPS) is 11.7. The Morgan fingerprint density at radius 3 is 2.43 bits per heavy atom. The molecule has 1 amide bonds. The summed E-state index contributed by atoms with van der Waals surface area (Å²) in [5.74, 6) is 0.838. The minimum absolute atomic E-state index is 0.105. The molecule has 1 N–H and O–H groups in total. The minimum Gasteiger partial charge on any atom is -0.302 e. The van der Waals surface area contributed by atoms with Crippen molar-refractivity contribution in [3.05, 3.63) is 65.7 Å². The molecule has 0 aliphatic carbocycles. The molecule has 0 bridgehead atoms. The van der Waals surface area contributed by atoms with Crippen molar-refractivity contribution < 1.29 is 4.79 Å². The van der Waals surface area contributed by atoms with Crippen LogP contribution in [0.1, 0.15) is 38.8 Å². The van der Waals surface area contributed by atoms with Crippen LogP contribution in [0.2, 0.25) is 0 Å². The van der Waals surface area contributed by atoms with Crippen LogP contribution in [0.3, 0.4) is 0 Å². The highest BCUT2D eigenvalue weighted by atomic mass is 32.2. The Bertz CT molecular complexity index is 1000. The third-order valence-electron chi connectivity index (χ3n) is 4.58. The fourth-order valence-corrected chi connectivity index (χ4v) is 3.69. The first kappa shape index (κ1) is 21.8. The van der Waals surface area contributed by atoms with Crippen LogP contribution in [0.4, 0.5) is 0 Å². The quantitative estimate of drug-likeness (QED) is 0.346. The number of hydrazone groups is 1. The smallest absolute Gasteiger partial charge is 0.250 e. The Morgan fingerprint density at radius 2 is 1.80 bits per heavy atom. The van der Waals surface area contributed by atoms with Gasteiger partial charge in [0.25, 0.3) is 5.91 Å². The van der Waals surface area contributed by atoms with Crippen LogP contribution in [0.25, 0.3) is 11.4 Å². The summed E-state index contributed by atoms with van der Waals surface area (Å²) in [6.07, 6.45) is 1.62. The zero-order chi connectivity index (χ0) is 21.6. The highest BCUT2D eigenvalue weighted by molar-refractivity contribution is 7.99. The molecule has 2 aromatic carbocycles. The Morgan fingerprint density at radius 1 is 1.10 bits per heavy atom. The molecule has 0 atom stereocenters. The van der Waals surface area contributed by atoms with Gasteiger partial charge in [-0.05, 0) is 23.5 Å². The number of hydrogen-bond acceptors (Lipinski definition) is 5. The molecule has 156 valence electrons. The summed E-state index contributed by atoms with van der Waals surface area (Å²) in [5.41, 5.74) is 5.87. The number of amides is 1. The highest BCUT2D eigenvalue weighted by Gasteiger charge is 2.17. The molecule has 3 aromatic rings. The second-order valence-corrected chi connectivity index (χ2v) is 8.81. The summed E-state index contributed by atoms with van der Waals surface area (Å²) < 4.78 is 2.03. The molecular formula is C23H27N5OS. The lowest BCUT2D eigenvalue weighted by Gasteiger charge is -2.19. The molecule has 3 rings (SSSR count). The van der Waals surface area contributed by atoms with Gasteiger partial charge in [-0.1, -0.05) is 87.1 Å². The van der Waals surface area contributed by atoms with Gasteiger partial charge in [-0.25, -0.2) is 5.43 Å². The number of benzene rings is 2. The van der Waals surface area contributed by atoms with Crippen LogP contribution in [-0.4, -0.2) is 32.6 Å². The van der Waals surface area contributed by atoms with E-state index in [0.717, 1.165) is 28.7 Å².